The van der Waals surface area contributed by atoms with Crippen LogP contribution >= 0.6 is 23.1 Å². The number of alkyl halides is 3. The molecule has 2 heterocycles. The average molecular weight is 437 g/mol. The number of fused-ring (bicyclic) bond motifs is 1. The summed E-state index contributed by atoms with van der Waals surface area (Å²) < 4.78 is 43.1. The van der Waals surface area contributed by atoms with Gasteiger partial charge in [0, 0.05) is 5.56 Å². The largest absolute Gasteiger partial charge is 0.445 e. The number of aromatic nitrogens is 4. The molecule has 0 saturated carbocycles. The van der Waals surface area contributed by atoms with E-state index in [0.29, 0.717) is 5.89 Å². The number of carbonyl (C=O) groups excluding carboxylic acids is 1. The molecule has 2 aromatic carbocycles. The number of thioether (sulfide) groups is 1. The Balaban J connectivity index is 1.40. The molecule has 0 aliphatic carbocycles. The number of hydrogen-bond donors (Lipinski definition) is 1. The van der Waals surface area contributed by atoms with Gasteiger partial charge < -0.3 is 4.42 Å². The Morgan fingerprint density at radius 3 is 2.66 bits per heavy atom. The van der Waals surface area contributed by atoms with Crippen LogP contribution in [0, 0.1) is 0 Å². The van der Waals surface area contributed by atoms with Crippen molar-refractivity contribution in [3.05, 3.63) is 47.5 Å². The maximum Gasteiger partial charge on any atom is 0.445 e. The van der Waals surface area contributed by atoms with E-state index >= 15 is 0 Å². The van der Waals surface area contributed by atoms with Gasteiger partial charge in [0.2, 0.25) is 21.9 Å². The van der Waals surface area contributed by atoms with Crippen molar-refractivity contribution in [2.45, 2.75) is 11.4 Å². The average Bonchev–Trinajstić information content (AvgIpc) is 3.35. The highest BCUT2D eigenvalue weighted by atomic mass is 32.2. The van der Waals surface area contributed by atoms with Gasteiger partial charge >= 0.3 is 6.18 Å². The normalized spacial score (nSPS) is 11.7. The molecule has 0 fully saturated rings. The van der Waals surface area contributed by atoms with E-state index in [-0.39, 0.29) is 27.4 Å². The molecule has 148 valence electrons. The summed E-state index contributed by atoms with van der Waals surface area (Å²) in [6.45, 7) is 0. The minimum absolute atomic E-state index is 0.141. The fraction of sp³-hybridized carbons (Fsp3) is 0.118. The highest BCUT2D eigenvalue weighted by Gasteiger charge is 2.35. The van der Waals surface area contributed by atoms with Crippen LogP contribution in [0.3, 0.4) is 0 Å². The van der Waals surface area contributed by atoms with Gasteiger partial charge in [-0.2, -0.15) is 13.2 Å². The van der Waals surface area contributed by atoms with Gasteiger partial charge in [0.25, 0.3) is 5.22 Å². The molecule has 0 saturated heterocycles. The van der Waals surface area contributed by atoms with Gasteiger partial charge in [-0.1, -0.05) is 59.5 Å². The minimum atomic E-state index is -4.60. The summed E-state index contributed by atoms with van der Waals surface area (Å²) in [7, 11) is 0. The molecule has 7 nitrogen and oxygen atoms in total. The number of rotatable bonds is 5. The molecule has 0 unspecified atom stereocenters. The number of benzene rings is 2. The molecule has 29 heavy (non-hydrogen) atoms. The molecule has 0 spiro atoms. The Kier molecular flexibility index (Phi) is 5.20. The van der Waals surface area contributed by atoms with Crippen LogP contribution in [0.15, 0.2) is 52.1 Å². The van der Waals surface area contributed by atoms with Crippen LogP contribution in [-0.4, -0.2) is 32.1 Å². The van der Waals surface area contributed by atoms with Gasteiger partial charge in [-0.3, -0.25) is 10.1 Å². The van der Waals surface area contributed by atoms with Gasteiger partial charge in [0.15, 0.2) is 0 Å². The molecular formula is C17H10F3N5O2S2. The van der Waals surface area contributed by atoms with Crippen LogP contribution in [-0.2, 0) is 11.0 Å². The lowest BCUT2D eigenvalue weighted by atomic mass is 10.0. The second kappa shape index (κ2) is 7.79. The van der Waals surface area contributed by atoms with Crippen molar-refractivity contribution < 1.29 is 22.4 Å². The molecule has 0 bridgehead atoms. The Morgan fingerprint density at radius 1 is 1.07 bits per heavy atom. The zero-order valence-corrected chi connectivity index (χ0v) is 15.9. The Labute approximate surface area is 169 Å². The second-order valence-electron chi connectivity index (χ2n) is 5.65. The van der Waals surface area contributed by atoms with Crippen molar-refractivity contribution in [2.75, 3.05) is 11.1 Å². The SMILES string of the molecule is O=C(CSc1nnc(-c2cccc3ccccc23)o1)Nc1nnc(C(F)(F)F)s1. The first-order valence-corrected chi connectivity index (χ1v) is 9.85. The second-order valence-corrected chi connectivity index (χ2v) is 7.55. The molecule has 2 aromatic heterocycles. The van der Waals surface area contributed by atoms with Crippen LogP contribution in [0.1, 0.15) is 5.01 Å². The third kappa shape index (κ3) is 4.38. The van der Waals surface area contributed by atoms with Crippen molar-refractivity contribution in [3.63, 3.8) is 0 Å². The van der Waals surface area contributed by atoms with Crippen LogP contribution in [0.25, 0.3) is 22.2 Å². The Morgan fingerprint density at radius 2 is 1.86 bits per heavy atom. The topological polar surface area (TPSA) is 93.8 Å². The Hall–Kier alpha value is -2.99. The number of halogens is 3. The van der Waals surface area contributed by atoms with E-state index in [1.165, 1.54) is 0 Å². The number of anilines is 1. The maximum atomic E-state index is 12.5. The lowest BCUT2D eigenvalue weighted by molar-refractivity contribution is -0.138. The van der Waals surface area contributed by atoms with Gasteiger partial charge in [-0.25, -0.2) is 0 Å². The van der Waals surface area contributed by atoms with Crippen LogP contribution in [0.5, 0.6) is 0 Å². The first-order valence-electron chi connectivity index (χ1n) is 8.05. The summed E-state index contributed by atoms with van der Waals surface area (Å²) in [6.07, 6.45) is -4.60. The molecule has 0 radical (unpaired) electrons. The lowest BCUT2D eigenvalue weighted by Gasteiger charge is -2.01. The zero-order valence-electron chi connectivity index (χ0n) is 14.3. The van der Waals surface area contributed by atoms with Crippen molar-refractivity contribution in [2.24, 2.45) is 0 Å². The zero-order chi connectivity index (χ0) is 20.4. The van der Waals surface area contributed by atoms with Crippen molar-refractivity contribution in [3.8, 4) is 11.5 Å². The van der Waals surface area contributed by atoms with Crippen LogP contribution < -0.4 is 5.32 Å². The molecule has 1 N–H and O–H groups in total. The first kappa shape index (κ1) is 19.3. The number of nitrogens with one attached hydrogen (secondary N) is 1. The van der Waals surface area contributed by atoms with E-state index in [0.717, 1.165) is 28.1 Å². The van der Waals surface area contributed by atoms with E-state index < -0.39 is 17.1 Å². The molecule has 0 aliphatic rings. The molecule has 4 aromatic rings. The van der Waals surface area contributed by atoms with Crippen molar-refractivity contribution in [1.82, 2.24) is 20.4 Å². The summed E-state index contributed by atoms with van der Waals surface area (Å²) in [6, 6.07) is 13.4. The summed E-state index contributed by atoms with van der Waals surface area (Å²) in [5, 5.41) is 17.3. The summed E-state index contributed by atoms with van der Waals surface area (Å²) >= 11 is 1.22. The fourth-order valence-electron chi connectivity index (χ4n) is 2.46. The third-order valence-electron chi connectivity index (χ3n) is 3.67. The van der Waals surface area contributed by atoms with Gasteiger partial charge in [0.05, 0.1) is 5.75 Å². The molecule has 0 atom stereocenters. The number of carbonyl (C=O) groups is 1. The smallest absolute Gasteiger partial charge is 0.411 e. The van der Waals surface area contributed by atoms with Gasteiger partial charge in [-0.05, 0) is 16.8 Å². The third-order valence-corrected chi connectivity index (χ3v) is 5.37. The number of amides is 1. The first-order chi connectivity index (χ1) is 13.9. The summed E-state index contributed by atoms with van der Waals surface area (Å²) in [4.78, 5) is 11.9. The number of hydrogen-bond acceptors (Lipinski definition) is 8. The molecule has 1 amide bonds. The maximum absolute atomic E-state index is 12.5. The lowest BCUT2D eigenvalue weighted by Crippen LogP contribution is -2.13. The van der Waals surface area contributed by atoms with Gasteiger partial charge in [-0.15, -0.1) is 20.4 Å². The quantitative estimate of drug-likeness (QED) is 0.460. The molecule has 4 rings (SSSR count). The molecule has 0 aliphatic heterocycles. The Bertz CT molecular complexity index is 1170. The van der Waals surface area contributed by atoms with E-state index in [1.54, 1.807) is 0 Å². The summed E-state index contributed by atoms with van der Waals surface area (Å²) in [5.74, 6) is -0.397. The fourth-order valence-corrected chi connectivity index (χ4v) is 3.65. The van der Waals surface area contributed by atoms with E-state index in [4.69, 9.17) is 4.42 Å². The predicted octanol–water partition coefficient (Wildman–Crippen LogP) is 4.49. The standard InChI is InChI=1S/C17H10F3N5O2S2/c18-17(19,20)14-23-24-15(29-14)21-12(26)8-28-16-25-22-13(27-16)11-7-3-5-9-4-1-2-6-10(9)11/h1-7H,8H2,(H,21,24,26). The van der Waals surface area contributed by atoms with Crippen molar-refractivity contribution >= 4 is 44.9 Å². The number of nitrogens with zero attached hydrogens (tertiary/aromatic N) is 4. The summed E-state index contributed by atoms with van der Waals surface area (Å²) in [5.41, 5.74) is 0.764. The van der Waals surface area contributed by atoms with Crippen LogP contribution in [0.4, 0.5) is 18.3 Å². The predicted molar refractivity (Wildman–Crippen MR) is 102 cm³/mol. The highest BCUT2D eigenvalue weighted by Crippen LogP contribution is 2.33. The minimum Gasteiger partial charge on any atom is -0.411 e. The van der Waals surface area contributed by atoms with E-state index in [2.05, 4.69) is 25.7 Å². The molecular weight excluding hydrogens is 427 g/mol. The van der Waals surface area contributed by atoms with E-state index in [9.17, 15) is 18.0 Å². The van der Waals surface area contributed by atoms with E-state index in [1.807, 2.05) is 42.5 Å². The van der Waals surface area contributed by atoms with Crippen LogP contribution in [0.2, 0.25) is 0 Å². The highest BCUT2D eigenvalue weighted by molar-refractivity contribution is 7.99. The molecule has 12 heteroatoms. The van der Waals surface area contributed by atoms with Gasteiger partial charge in [0.1, 0.15) is 0 Å². The monoisotopic (exact) mass is 437 g/mol. The van der Waals surface area contributed by atoms with Crippen molar-refractivity contribution in [1.29, 1.82) is 0 Å².